The van der Waals surface area contributed by atoms with Crippen LogP contribution < -0.4 is 30.3 Å². The van der Waals surface area contributed by atoms with Gasteiger partial charge in [-0.15, -0.1) is 0 Å². The number of aromatic nitrogens is 2. The van der Waals surface area contributed by atoms with Gasteiger partial charge in [-0.25, -0.2) is 4.98 Å². The summed E-state index contributed by atoms with van der Waals surface area (Å²) in [7, 11) is 7.20. The molecule has 0 aliphatic rings. The highest BCUT2D eigenvalue weighted by molar-refractivity contribution is 6.02. The van der Waals surface area contributed by atoms with E-state index in [0.29, 0.717) is 36.0 Å². The number of carbonyl (C=O) groups is 1. The van der Waals surface area contributed by atoms with E-state index in [1.165, 1.54) is 18.3 Å². The van der Waals surface area contributed by atoms with Crippen molar-refractivity contribution in [1.82, 2.24) is 14.9 Å². The third-order valence-electron chi connectivity index (χ3n) is 5.30. The fourth-order valence-electron chi connectivity index (χ4n) is 3.39. The summed E-state index contributed by atoms with van der Waals surface area (Å²) in [5.41, 5.74) is 1.71. The molecule has 0 atom stereocenters. The van der Waals surface area contributed by atoms with Gasteiger partial charge in [-0.3, -0.25) is 4.79 Å². The number of nitrogens with one attached hydrogen (secondary N) is 3. The normalized spacial score (nSPS) is 10.7. The summed E-state index contributed by atoms with van der Waals surface area (Å²) in [5.74, 6) is 0.638. The molecule has 12 heteroatoms. The van der Waals surface area contributed by atoms with E-state index in [1.54, 1.807) is 26.3 Å². The highest BCUT2D eigenvalue weighted by Gasteiger charge is 2.19. The van der Waals surface area contributed by atoms with Gasteiger partial charge in [-0.1, -0.05) is 12.6 Å². The molecule has 0 saturated heterocycles. The molecule has 0 fully saturated rings. The van der Waals surface area contributed by atoms with E-state index in [-0.39, 0.29) is 17.4 Å². The minimum atomic E-state index is -3.08. The number of anilines is 6. The summed E-state index contributed by atoms with van der Waals surface area (Å²) in [6.45, 7) is 1.66. The van der Waals surface area contributed by atoms with Crippen LogP contribution in [-0.2, 0) is 4.79 Å². The zero-order valence-corrected chi connectivity index (χ0v) is 21.7. The Morgan fingerprint density at radius 2 is 1.89 bits per heavy atom. The maximum Gasteiger partial charge on any atom is 0.387 e. The monoisotopic (exact) mass is 527 g/mol. The fraction of sp³-hybridized carbons (Fsp3) is 0.269. The molecule has 0 aliphatic carbocycles. The Balaban J connectivity index is 1.96. The number of benzene rings is 2. The Kier molecular flexibility index (Phi) is 9.77. The van der Waals surface area contributed by atoms with Crippen molar-refractivity contribution in [2.45, 2.75) is 6.61 Å². The molecule has 0 unspecified atom stereocenters. The first kappa shape index (κ1) is 28.1. The van der Waals surface area contributed by atoms with Crippen LogP contribution in [0.4, 0.5) is 43.3 Å². The molecule has 2 aromatic carbocycles. The fourth-order valence-corrected chi connectivity index (χ4v) is 3.39. The van der Waals surface area contributed by atoms with Gasteiger partial charge in [-0.2, -0.15) is 13.8 Å². The van der Waals surface area contributed by atoms with Crippen LogP contribution in [-0.4, -0.2) is 68.7 Å². The molecular formula is C26H31F2N7O3. The molecule has 3 aromatic rings. The lowest BCUT2D eigenvalue weighted by molar-refractivity contribution is -0.111. The lowest BCUT2D eigenvalue weighted by atomic mass is 10.2. The number of carbonyl (C=O) groups excluding carboxylic acids is 1. The largest absolute Gasteiger partial charge is 0.497 e. The summed E-state index contributed by atoms with van der Waals surface area (Å²) in [6.07, 6.45) is 2.63. The second kappa shape index (κ2) is 13.2. The lowest BCUT2D eigenvalue weighted by Crippen LogP contribution is -2.29. The molecule has 0 bridgehead atoms. The van der Waals surface area contributed by atoms with E-state index in [1.807, 2.05) is 42.1 Å². The van der Waals surface area contributed by atoms with Crippen LogP contribution in [0, 0.1) is 0 Å². The zero-order chi connectivity index (χ0) is 27.7. The van der Waals surface area contributed by atoms with Crippen LogP contribution in [0.1, 0.15) is 0 Å². The minimum absolute atomic E-state index is 0.117. The molecule has 38 heavy (non-hydrogen) atoms. The molecule has 3 rings (SSSR count). The van der Waals surface area contributed by atoms with Crippen molar-refractivity contribution in [1.29, 1.82) is 0 Å². The van der Waals surface area contributed by atoms with Gasteiger partial charge in [0.2, 0.25) is 11.9 Å². The molecule has 0 spiro atoms. The van der Waals surface area contributed by atoms with Crippen molar-refractivity contribution in [3.05, 3.63) is 61.3 Å². The molecule has 0 aliphatic heterocycles. The van der Waals surface area contributed by atoms with Gasteiger partial charge in [0.25, 0.3) is 0 Å². The van der Waals surface area contributed by atoms with E-state index in [2.05, 4.69) is 32.5 Å². The molecule has 1 heterocycles. The van der Waals surface area contributed by atoms with Crippen LogP contribution in [0.25, 0.3) is 0 Å². The Morgan fingerprint density at radius 1 is 1.11 bits per heavy atom. The van der Waals surface area contributed by atoms with E-state index < -0.39 is 12.5 Å². The van der Waals surface area contributed by atoms with Crippen molar-refractivity contribution in [3.63, 3.8) is 0 Å². The number of hydrogen-bond donors (Lipinski definition) is 3. The maximum absolute atomic E-state index is 13.4. The average molecular weight is 528 g/mol. The number of ether oxygens (including phenoxy) is 2. The predicted molar refractivity (Wildman–Crippen MR) is 145 cm³/mol. The third-order valence-corrected chi connectivity index (χ3v) is 5.30. The topological polar surface area (TPSA) is 104 Å². The van der Waals surface area contributed by atoms with Crippen molar-refractivity contribution in [2.75, 3.05) is 62.2 Å². The zero-order valence-electron chi connectivity index (χ0n) is 21.7. The van der Waals surface area contributed by atoms with Gasteiger partial charge in [0.15, 0.2) is 5.75 Å². The van der Waals surface area contributed by atoms with Crippen molar-refractivity contribution in [2.24, 2.45) is 0 Å². The number of likely N-dealkylation sites (N-methyl/N-ethyl adjacent to an activating group) is 2. The number of hydrogen-bond acceptors (Lipinski definition) is 9. The van der Waals surface area contributed by atoms with Crippen LogP contribution in [0.5, 0.6) is 11.5 Å². The average Bonchev–Trinajstić information content (AvgIpc) is 2.88. The number of alkyl halides is 2. The van der Waals surface area contributed by atoms with E-state index in [0.717, 1.165) is 11.8 Å². The number of nitrogens with zero attached hydrogens (tertiary/aromatic N) is 4. The first-order chi connectivity index (χ1) is 18.2. The smallest absolute Gasteiger partial charge is 0.387 e. The molecule has 1 aromatic heterocycles. The Labute approximate surface area is 220 Å². The van der Waals surface area contributed by atoms with E-state index >= 15 is 0 Å². The quantitative estimate of drug-likeness (QED) is 0.273. The van der Waals surface area contributed by atoms with Crippen molar-refractivity contribution in [3.8, 4) is 11.5 Å². The number of methoxy groups -OCH3 is 1. The molecule has 10 nitrogen and oxygen atoms in total. The molecule has 202 valence electrons. The van der Waals surface area contributed by atoms with Gasteiger partial charge in [0.1, 0.15) is 11.6 Å². The van der Waals surface area contributed by atoms with Gasteiger partial charge >= 0.3 is 6.61 Å². The first-order valence-electron chi connectivity index (χ1n) is 11.6. The second-order valence-corrected chi connectivity index (χ2v) is 8.41. The molecular weight excluding hydrogens is 496 g/mol. The number of amides is 1. The predicted octanol–water partition coefficient (Wildman–Crippen LogP) is 4.70. The maximum atomic E-state index is 13.4. The van der Waals surface area contributed by atoms with Gasteiger partial charge in [-0.05, 0) is 44.4 Å². The molecule has 1 amide bonds. The van der Waals surface area contributed by atoms with Crippen LogP contribution in [0.15, 0.2) is 61.3 Å². The minimum Gasteiger partial charge on any atom is -0.497 e. The summed E-state index contributed by atoms with van der Waals surface area (Å²) in [5, 5.41) is 8.80. The van der Waals surface area contributed by atoms with Gasteiger partial charge < -0.3 is 35.2 Å². The molecule has 0 radical (unpaired) electrons. The Hall–Kier alpha value is -4.45. The highest BCUT2D eigenvalue weighted by Crippen LogP contribution is 2.39. The van der Waals surface area contributed by atoms with E-state index in [9.17, 15) is 13.6 Å². The van der Waals surface area contributed by atoms with E-state index in [4.69, 9.17) is 9.47 Å². The Bertz CT molecular complexity index is 1260. The highest BCUT2D eigenvalue weighted by atomic mass is 19.3. The lowest BCUT2D eigenvalue weighted by Gasteiger charge is -2.26. The van der Waals surface area contributed by atoms with Gasteiger partial charge in [0.05, 0.1) is 24.2 Å². The number of halogens is 2. The van der Waals surface area contributed by atoms with Crippen LogP contribution >= 0.6 is 0 Å². The van der Waals surface area contributed by atoms with Crippen molar-refractivity contribution < 1.29 is 23.0 Å². The number of rotatable bonds is 13. The first-order valence-corrected chi connectivity index (χ1v) is 11.6. The summed E-state index contributed by atoms with van der Waals surface area (Å²) in [4.78, 5) is 24.6. The van der Waals surface area contributed by atoms with Gasteiger partial charge in [0, 0.05) is 44.2 Å². The SMILES string of the molecule is C=CC(=O)Nc1cc(Nc2nccc(Nc3cccc(OC)c3)n2)c(OC(F)F)cc1N(C)CCN(C)C. The van der Waals surface area contributed by atoms with Crippen LogP contribution in [0.2, 0.25) is 0 Å². The molecule has 3 N–H and O–H groups in total. The Morgan fingerprint density at radius 3 is 2.58 bits per heavy atom. The summed E-state index contributed by atoms with van der Waals surface area (Å²) >= 11 is 0. The van der Waals surface area contributed by atoms with Crippen molar-refractivity contribution >= 4 is 40.4 Å². The summed E-state index contributed by atoms with van der Waals surface area (Å²) < 4.78 is 36.8. The second-order valence-electron chi connectivity index (χ2n) is 8.41. The standard InChI is InChI=1S/C26H31F2N7O3/c1-6-24(36)31-19-15-20(22(38-25(27)28)16-21(19)35(4)13-12-34(2)3)32-26-29-11-10-23(33-26)30-17-8-7-9-18(14-17)37-5/h6-11,14-16,25H,1,12-13H2,2-5H3,(H,31,36)(H2,29,30,32,33). The van der Waals surface area contributed by atoms with Crippen LogP contribution in [0.3, 0.4) is 0 Å². The summed E-state index contributed by atoms with van der Waals surface area (Å²) in [6, 6.07) is 11.8. The molecule has 0 saturated carbocycles. The third kappa shape index (κ3) is 8.03.